The van der Waals surface area contributed by atoms with Crippen LogP contribution in [-0.2, 0) is 9.53 Å². The lowest BCUT2D eigenvalue weighted by atomic mass is 10.1. The predicted molar refractivity (Wildman–Crippen MR) is 60.3 cm³/mol. The summed E-state index contributed by atoms with van der Waals surface area (Å²) in [5.74, 6) is 0.197. The molecular formula is C12H18N2O2. The zero-order valence-electron chi connectivity index (χ0n) is 10.1. The number of rotatable bonds is 1. The van der Waals surface area contributed by atoms with Crippen molar-refractivity contribution in [2.75, 3.05) is 6.61 Å². The average molecular weight is 222 g/mol. The Bertz CT molecular complexity index is 337. The number of carbonyl (C=O) groups is 1. The van der Waals surface area contributed by atoms with Gasteiger partial charge in [0, 0.05) is 12.0 Å². The van der Waals surface area contributed by atoms with Gasteiger partial charge in [0.2, 0.25) is 0 Å². The van der Waals surface area contributed by atoms with E-state index in [1.54, 1.807) is 0 Å². The van der Waals surface area contributed by atoms with Gasteiger partial charge in [-0.15, -0.1) is 0 Å². The van der Waals surface area contributed by atoms with Gasteiger partial charge in [-0.2, -0.15) is 5.26 Å². The largest absolute Gasteiger partial charge is 0.496 e. The molecule has 88 valence electrons. The molecule has 0 saturated carbocycles. The molecule has 1 aliphatic heterocycles. The number of ether oxygens (including phenoxy) is 1. The smallest absolute Gasteiger partial charge is 0.265 e. The van der Waals surface area contributed by atoms with Gasteiger partial charge >= 0.3 is 0 Å². The van der Waals surface area contributed by atoms with E-state index in [2.05, 4.69) is 5.32 Å². The van der Waals surface area contributed by atoms with E-state index in [0.29, 0.717) is 18.8 Å². The number of nitrogens with zero attached hydrogens (tertiary/aromatic N) is 1. The van der Waals surface area contributed by atoms with Crippen molar-refractivity contribution in [2.24, 2.45) is 0 Å². The second-order valence-corrected chi connectivity index (χ2v) is 4.92. The van der Waals surface area contributed by atoms with Crippen LogP contribution in [0.2, 0.25) is 0 Å². The molecule has 0 aromatic rings. The van der Waals surface area contributed by atoms with Crippen molar-refractivity contribution in [3.05, 3.63) is 11.3 Å². The van der Waals surface area contributed by atoms with E-state index in [4.69, 9.17) is 10.00 Å². The first-order valence-electron chi connectivity index (χ1n) is 5.52. The maximum atomic E-state index is 11.8. The predicted octanol–water partition coefficient (Wildman–Crippen LogP) is 1.88. The van der Waals surface area contributed by atoms with Crippen LogP contribution in [-0.4, -0.2) is 18.1 Å². The van der Waals surface area contributed by atoms with Crippen LogP contribution in [0.1, 0.15) is 40.0 Å². The average Bonchev–Trinajstić information content (AvgIpc) is 2.17. The highest BCUT2D eigenvalue weighted by Crippen LogP contribution is 2.20. The molecule has 0 aromatic heterocycles. The minimum Gasteiger partial charge on any atom is -0.496 e. The molecule has 0 aromatic carbocycles. The van der Waals surface area contributed by atoms with Crippen molar-refractivity contribution in [3.8, 4) is 6.07 Å². The van der Waals surface area contributed by atoms with E-state index < -0.39 is 0 Å². The second-order valence-electron chi connectivity index (χ2n) is 4.92. The quantitative estimate of drug-likeness (QED) is 0.544. The molecule has 4 nitrogen and oxygen atoms in total. The third kappa shape index (κ3) is 3.58. The van der Waals surface area contributed by atoms with Gasteiger partial charge < -0.3 is 10.1 Å². The summed E-state index contributed by atoms with van der Waals surface area (Å²) < 4.78 is 5.36. The van der Waals surface area contributed by atoms with Crippen LogP contribution < -0.4 is 5.32 Å². The fraction of sp³-hybridized carbons (Fsp3) is 0.667. The molecule has 0 atom stereocenters. The second kappa shape index (κ2) is 5.02. The minimum atomic E-state index is -0.341. The van der Waals surface area contributed by atoms with Gasteiger partial charge in [0.05, 0.1) is 6.61 Å². The van der Waals surface area contributed by atoms with Crippen molar-refractivity contribution < 1.29 is 9.53 Å². The lowest BCUT2D eigenvalue weighted by Crippen LogP contribution is -2.41. The van der Waals surface area contributed by atoms with E-state index in [9.17, 15) is 4.79 Å². The molecule has 0 aliphatic carbocycles. The summed E-state index contributed by atoms with van der Waals surface area (Å²) in [6, 6.07) is 1.94. The molecule has 4 heteroatoms. The van der Waals surface area contributed by atoms with E-state index in [-0.39, 0.29) is 17.0 Å². The van der Waals surface area contributed by atoms with Crippen molar-refractivity contribution >= 4 is 5.91 Å². The summed E-state index contributed by atoms with van der Waals surface area (Å²) in [7, 11) is 0. The minimum absolute atomic E-state index is 0.120. The van der Waals surface area contributed by atoms with E-state index in [1.807, 2.05) is 26.8 Å². The number of carbonyl (C=O) groups excluding carboxylic acids is 1. The maximum Gasteiger partial charge on any atom is 0.265 e. The van der Waals surface area contributed by atoms with E-state index in [1.165, 1.54) is 0 Å². The van der Waals surface area contributed by atoms with Crippen molar-refractivity contribution in [1.29, 1.82) is 5.26 Å². The Labute approximate surface area is 96.3 Å². The lowest BCUT2D eigenvalue weighted by Gasteiger charge is -2.22. The molecule has 1 amide bonds. The molecular weight excluding hydrogens is 204 g/mol. The molecule has 0 spiro atoms. The summed E-state index contributed by atoms with van der Waals surface area (Å²) in [6.45, 7) is 6.24. The van der Waals surface area contributed by atoms with Crippen LogP contribution in [0.25, 0.3) is 0 Å². The molecule has 0 bridgehead atoms. The number of nitrogens with one attached hydrogen (secondary N) is 1. The zero-order chi connectivity index (χ0) is 12.2. The normalized spacial score (nSPS) is 19.4. The summed E-state index contributed by atoms with van der Waals surface area (Å²) in [6.07, 6.45) is 2.65. The molecule has 0 unspecified atom stereocenters. The molecule has 0 radical (unpaired) electrons. The van der Waals surface area contributed by atoms with Crippen LogP contribution in [0.5, 0.6) is 0 Å². The van der Waals surface area contributed by atoms with Gasteiger partial charge in [0.15, 0.2) is 5.57 Å². The summed E-state index contributed by atoms with van der Waals surface area (Å²) in [4.78, 5) is 11.8. The highest BCUT2D eigenvalue weighted by atomic mass is 16.5. The Morgan fingerprint density at radius 1 is 1.44 bits per heavy atom. The molecule has 1 aliphatic rings. The van der Waals surface area contributed by atoms with Gasteiger partial charge in [0.25, 0.3) is 5.91 Å². The SMILES string of the molecule is CC(C)(C)NC(=O)/C(C#N)=C1/CCCCO1. The van der Waals surface area contributed by atoms with Crippen LogP contribution in [0.4, 0.5) is 0 Å². The topological polar surface area (TPSA) is 62.1 Å². The summed E-state index contributed by atoms with van der Waals surface area (Å²) in [5, 5.41) is 11.8. The van der Waals surface area contributed by atoms with Crippen LogP contribution in [0, 0.1) is 11.3 Å². The van der Waals surface area contributed by atoms with Crippen molar-refractivity contribution in [2.45, 2.75) is 45.6 Å². The fourth-order valence-electron chi connectivity index (χ4n) is 1.50. The third-order valence-electron chi connectivity index (χ3n) is 2.18. The maximum absolute atomic E-state index is 11.8. The van der Waals surface area contributed by atoms with Gasteiger partial charge in [-0.05, 0) is 33.6 Å². The molecule has 1 saturated heterocycles. The van der Waals surface area contributed by atoms with Gasteiger partial charge in [0.1, 0.15) is 11.8 Å². The Kier molecular flexibility index (Phi) is 3.94. The Morgan fingerprint density at radius 2 is 2.12 bits per heavy atom. The highest BCUT2D eigenvalue weighted by Gasteiger charge is 2.22. The standard InChI is InChI=1S/C12H18N2O2/c1-12(2,3)14-11(15)9(8-13)10-6-4-5-7-16-10/h4-7H2,1-3H3,(H,14,15)/b10-9-. The Hall–Kier alpha value is -1.50. The number of nitriles is 1. The van der Waals surface area contributed by atoms with Crippen molar-refractivity contribution in [3.63, 3.8) is 0 Å². The number of hydrogen-bond donors (Lipinski definition) is 1. The van der Waals surface area contributed by atoms with Crippen molar-refractivity contribution in [1.82, 2.24) is 5.32 Å². The lowest BCUT2D eigenvalue weighted by molar-refractivity contribution is -0.118. The molecule has 1 fully saturated rings. The summed E-state index contributed by atoms with van der Waals surface area (Å²) in [5.41, 5.74) is -0.219. The molecule has 1 N–H and O–H groups in total. The van der Waals surface area contributed by atoms with Crippen LogP contribution >= 0.6 is 0 Å². The summed E-state index contributed by atoms with van der Waals surface area (Å²) >= 11 is 0. The zero-order valence-corrected chi connectivity index (χ0v) is 10.1. The van der Waals surface area contributed by atoms with Crippen LogP contribution in [0.15, 0.2) is 11.3 Å². The number of amides is 1. The first-order valence-corrected chi connectivity index (χ1v) is 5.52. The third-order valence-corrected chi connectivity index (χ3v) is 2.18. The van der Waals surface area contributed by atoms with E-state index >= 15 is 0 Å². The van der Waals surface area contributed by atoms with Crippen LogP contribution in [0.3, 0.4) is 0 Å². The molecule has 16 heavy (non-hydrogen) atoms. The monoisotopic (exact) mass is 222 g/mol. The first kappa shape index (κ1) is 12.6. The first-order chi connectivity index (χ1) is 7.44. The molecule has 1 rings (SSSR count). The van der Waals surface area contributed by atoms with Gasteiger partial charge in [-0.1, -0.05) is 0 Å². The number of hydrogen-bond acceptors (Lipinski definition) is 3. The fourth-order valence-corrected chi connectivity index (χ4v) is 1.50. The number of allylic oxidation sites excluding steroid dienone is 1. The van der Waals surface area contributed by atoms with Gasteiger partial charge in [-0.25, -0.2) is 0 Å². The van der Waals surface area contributed by atoms with E-state index in [0.717, 1.165) is 12.8 Å². The van der Waals surface area contributed by atoms with Gasteiger partial charge in [-0.3, -0.25) is 4.79 Å². The highest BCUT2D eigenvalue weighted by molar-refractivity contribution is 5.98. The molecule has 1 heterocycles. The Balaban J connectivity index is 2.82. The Morgan fingerprint density at radius 3 is 2.56 bits per heavy atom.